The summed E-state index contributed by atoms with van der Waals surface area (Å²) in [4.78, 5) is 4.05. The van der Waals surface area contributed by atoms with Gasteiger partial charge in [0.15, 0.2) is 0 Å². The molecule has 1 unspecified atom stereocenters. The van der Waals surface area contributed by atoms with Crippen molar-refractivity contribution in [2.45, 2.75) is 26.1 Å². The summed E-state index contributed by atoms with van der Waals surface area (Å²) in [5.41, 5.74) is 1.39. The maximum absolute atomic E-state index is 10.1. The third-order valence-electron chi connectivity index (χ3n) is 2.28. The molecule has 0 spiro atoms. The van der Waals surface area contributed by atoms with E-state index in [4.69, 9.17) is 9.15 Å². The molecule has 90 valence electrons. The molecule has 0 aliphatic rings. The molecular formula is C13H15NO3. The van der Waals surface area contributed by atoms with E-state index in [1.54, 1.807) is 24.5 Å². The van der Waals surface area contributed by atoms with Crippen LogP contribution in [0.1, 0.15) is 31.1 Å². The average Bonchev–Trinajstić information content (AvgIpc) is 2.81. The van der Waals surface area contributed by atoms with Gasteiger partial charge in [0.1, 0.15) is 11.9 Å². The molecule has 2 aromatic heterocycles. The lowest BCUT2D eigenvalue weighted by Gasteiger charge is -2.12. The quantitative estimate of drug-likeness (QED) is 0.881. The number of rotatable bonds is 4. The fraction of sp³-hybridized carbons (Fsp3) is 0.308. The topological polar surface area (TPSA) is 55.5 Å². The van der Waals surface area contributed by atoms with Gasteiger partial charge in [0.2, 0.25) is 0 Å². The Morgan fingerprint density at radius 3 is 2.76 bits per heavy atom. The Hall–Kier alpha value is -1.81. The van der Waals surface area contributed by atoms with Gasteiger partial charge in [0.05, 0.1) is 24.8 Å². The smallest absolute Gasteiger partial charge is 0.138 e. The van der Waals surface area contributed by atoms with Gasteiger partial charge in [-0.15, -0.1) is 0 Å². The van der Waals surface area contributed by atoms with Crippen molar-refractivity contribution < 1.29 is 14.3 Å². The molecule has 2 aromatic rings. The van der Waals surface area contributed by atoms with Crippen LogP contribution >= 0.6 is 0 Å². The lowest BCUT2D eigenvalue weighted by Crippen LogP contribution is -2.07. The van der Waals surface area contributed by atoms with E-state index in [9.17, 15) is 5.11 Å². The lowest BCUT2D eigenvalue weighted by molar-refractivity contribution is 0.214. The van der Waals surface area contributed by atoms with Gasteiger partial charge < -0.3 is 14.3 Å². The van der Waals surface area contributed by atoms with Crippen LogP contribution in [0.3, 0.4) is 0 Å². The Morgan fingerprint density at radius 2 is 2.12 bits per heavy atom. The number of aliphatic hydroxyl groups is 1. The summed E-state index contributed by atoms with van der Waals surface area (Å²) in [6, 6.07) is 3.51. The van der Waals surface area contributed by atoms with Crippen LogP contribution in [-0.4, -0.2) is 16.2 Å². The van der Waals surface area contributed by atoms with Gasteiger partial charge in [-0.25, -0.2) is 0 Å². The van der Waals surface area contributed by atoms with E-state index in [0.29, 0.717) is 16.9 Å². The number of aromatic nitrogens is 1. The van der Waals surface area contributed by atoms with Crippen molar-refractivity contribution in [2.75, 3.05) is 0 Å². The molecule has 17 heavy (non-hydrogen) atoms. The molecule has 0 radical (unpaired) electrons. The van der Waals surface area contributed by atoms with Crippen molar-refractivity contribution in [3.63, 3.8) is 0 Å². The van der Waals surface area contributed by atoms with E-state index >= 15 is 0 Å². The van der Waals surface area contributed by atoms with Crippen molar-refractivity contribution in [3.05, 3.63) is 48.2 Å². The summed E-state index contributed by atoms with van der Waals surface area (Å²) in [6.07, 6.45) is 5.63. The Labute approximate surface area is 99.9 Å². The van der Waals surface area contributed by atoms with Crippen LogP contribution in [0.25, 0.3) is 0 Å². The highest BCUT2D eigenvalue weighted by Gasteiger charge is 2.13. The van der Waals surface area contributed by atoms with Gasteiger partial charge in [0.25, 0.3) is 0 Å². The zero-order valence-electron chi connectivity index (χ0n) is 9.83. The van der Waals surface area contributed by atoms with Crippen LogP contribution < -0.4 is 4.74 Å². The molecule has 0 saturated carbocycles. The number of ether oxygens (including phenoxy) is 1. The fourth-order valence-electron chi connectivity index (χ4n) is 1.54. The van der Waals surface area contributed by atoms with Crippen molar-refractivity contribution in [3.8, 4) is 5.75 Å². The molecule has 0 saturated heterocycles. The van der Waals surface area contributed by atoms with Crippen molar-refractivity contribution >= 4 is 0 Å². The number of hydrogen-bond acceptors (Lipinski definition) is 4. The number of nitrogens with zero attached hydrogens (tertiary/aromatic N) is 1. The summed E-state index contributed by atoms with van der Waals surface area (Å²) in [5.74, 6) is 0.653. The third-order valence-corrected chi connectivity index (χ3v) is 2.28. The van der Waals surface area contributed by atoms with E-state index in [-0.39, 0.29) is 6.10 Å². The van der Waals surface area contributed by atoms with Crippen molar-refractivity contribution in [1.29, 1.82) is 0 Å². The highest BCUT2D eigenvalue weighted by Crippen LogP contribution is 2.24. The van der Waals surface area contributed by atoms with Gasteiger partial charge in [0, 0.05) is 17.3 Å². The first kappa shape index (κ1) is 11.7. The van der Waals surface area contributed by atoms with Crippen molar-refractivity contribution in [1.82, 2.24) is 4.98 Å². The summed E-state index contributed by atoms with van der Waals surface area (Å²) in [5, 5.41) is 10.1. The molecular weight excluding hydrogens is 218 g/mol. The number of aliphatic hydroxyl groups excluding tert-OH is 1. The molecule has 2 rings (SSSR count). The molecule has 2 heterocycles. The molecule has 0 aliphatic carbocycles. The summed E-state index contributed by atoms with van der Waals surface area (Å²) < 4.78 is 10.5. The molecule has 4 nitrogen and oxygen atoms in total. The van der Waals surface area contributed by atoms with Crippen LogP contribution in [0, 0.1) is 0 Å². The van der Waals surface area contributed by atoms with Crippen LogP contribution in [0.15, 0.2) is 41.5 Å². The minimum Gasteiger partial charge on any atom is -0.489 e. The average molecular weight is 233 g/mol. The second kappa shape index (κ2) is 5.01. The first-order valence-electron chi connectivity index (χ1n) is 5.48. The lowest BCUT2D eigenvalue weighted by atomic mass is 10.1. The second-order valence-electron chi connectivity index (χ2n) is 4.08. The van der Waals surface area contributed by atoms with E-state index in [2.05, 4.69) is 4.98 Å². The Balaban J connectivity index is 2.21. The highest BCUT2D eigenvalue weighted by molar-refractivity contribution is 5.30. The van der Waals surface area contributed by atoms with Crippen LogP contribution in [-0.2, 0) is 0 Å². The molecule has 1 atom stereocenters. The molecule has 0 aromatic carbocycles. The predicted octanol–water partition coefficient (Wildman–Crippen LogP) is 2.54. The van der Waals surface area contributed by atoms with E-state index in [0.717, 1.165) is 0 Å². The monoisotopic (exact) mass is 233 g/mol. The Bertz CT molecular complexity index is 465. The number of hydrogen-bond donors (Lipinski definition) is 1. The second-order valence-corrected chi connectivity index (χ2v) is 4.08. The molecule has 0 aliphatic heterocycles. The highest BCUT2D eigenvalue weighted by atomic mass is 16.5. The van der Waals surface area contributed by atoms with Crippen molar-refractivity contribution in [2.24, 2.45) is 0 Å². The third kappa shape index (κ3) is 2.85. The summed E-state index contributed by atoms with van der Waals surface area (Å²) >= 11 is 0. The zero-order chi connectivity index (χ0) is 12.3. The van der Waals surface area contributed by atoms with Crippen LogP contribution in [0.2, 0.25) is 0 Å². The first-order chi connectivity index (χ1) is 8.16. The van der Waals surface area contributed by atoms with Crippen LogP contribution in [0.4, 0.5) is 0 Å². The first-order valence-corrected chi connectivity index (χ1v) is 5.48. The maximum atomic E-state index is 10.1. The van der Waals surface area contributed by atoms with E-state index in [1.165, 1.54) is 12.5 Å². The minimum absolute atomic E-state index is 0.0816. The molecule has 4 heteroatoms. The van der Waals surface area contributed by atoms with E-state index < -0.39 is 6.10 Å². The van der Waals surface area contributed by atoms with Gasteiger partial charge in [-0.3, -0.25) is 4.98 Å². The van der Waals surface area contributed by atoms with Gasteiger partial charge in [-0.2, -0.15) is 0 Å². The Morgan fingerprint density at radius 1 is 1.29 bits per heavy atom. The molecule has 0 amide bonds. The van der Waals surface area contributed by atoms with Gasteiger partial charge >= 0.3 is 0 Å². The van der Waals surface area contributed by atoms with Gasteiger partial charge in [-0.1, -0.05) is 0 Å². The zero-order valence-corrected chi connectivity index (χ0v) is 9.83. The molecule has 0 fully saturated rings. The van der Waals surface area contributed by atoms with Gasteiger partial charge in [-0.05, 0) is 26.0 Å². The SMILES string of the molecule is CC(C)Oc1cncc(C(O)c2ccoc2)c1. The number of pyridine rings is 1. The minimum atomic E-state index is -0.739. The normalized spacial score (nSPS) is 12.7. The molecule has 1 N–H and O–H groups in total. The van der Waals surface area contributed by atoms with E-state index in [1.807, 2.05) is 13.8 Å². The predicted molar refractivity (Wildman–Crippen MR) is 62.8 cm³/mol. The maximum Gasteiger partial charge on any atom is 0.138 e. The number of furan rings is 1. The standard InChI is InChI=1S/C13H15NO3/c1-9(2)17-12-5-11(6-14-7-12)13(15)10-3-4-16-8-10/h3-9,13,15H,1-2H3. The summed E-state index contributed by atoms with van der Waals surface area (Å²) in [6.45, 7) is 3.89. The molecule has 0 bridgehead atoms. The fourth-order valence-corrected chi connectivity index (χ4v) is 1.54. The largest absolute Gasteiger partial charge is 0.489 e. The Kier molecular flexibility index (Phi) is 3.44. The summed E-state index contributed by atoms with van der Waals surface area (Å²) in [7, 11) is 0. The van der Waals surface area contributed by atoms with Crippen LogP contribution in [0.5, 0.6) is 5.75 Å².